The molecule has 5 nitrogen and oxygen atoms in total. The van der Waals surface area contributed by atoms with Crippen LogP contribution in [0, 0.1) is 0 Å². The van der Waals surface area contributed by atoms with Crippen LogP contribution in [0.4, 0.5) is 0 Å². The molecule has 0 aliphatic carbocycles. The Bertz CT molecular complexity index is 492. The van der Waals surface area contributed by atoms with Crippen LogP contribution in [-0.4, -0.2) is 38.3 Å². The lowest BCUT2D eigenvalue weighted by Gasteiger charge is -2.07. The van der Waals surface area contributed by atoms with Gasteiger partial charge in [0.25, 0.3) is 15.0 Å². The molecule has 0 unspecified atom stereocenters. The molecule has 1 rings (SSSR count). The SMILES string of the molecule is CN(C)C(=O)c1cc(Cl)c(S(=O)(=O)Cl)[nH]1. The molecule has 0 saturated carbocycles. The first-order valence-electron chi connectivity index (χ1n) is 3.78. The van der Waals surface area contributed by atoms with Gasteiger partial charge in [0, 0.05) is 24.8 Å². The molecule has 0 aromatic carbocycles. The molecule has 84 valence electrons. The summed E-state index contributed by atoms with van der Waals surface area (Å²) in [6.45, 7) is 0. The van der Waals surface area contributed by atoms with E-state index in [4.69, 9.17) is 22.3 Å². The van der Waals surface area contributed by atoms with Gasteiger partial charge in [0.15, 0.2) is 5.03 Å². The molecule has 0 aliphatic rings. The van der Waals surface area contributed by atoms with E-state index in [1.54, 1.807) is 0 Å². The largest absolute Gasteiger partial charge is 0.344 e. The quantitative estimate of drug-likeness (QED) is 0.824. The summed E-state index contributed by atoms with van der Waals surface area (Å²) in [5.74, 6) is -0.386. The van der Waals surface area contributed by atoms with Crippen molar-refractivity contribution in [2.45, 2.75) is 5.03 Å². The van der Waals surface area contributed by atoms with E-state index in [1.807, 2.05) is 0 Å². The highest BCUT2D eigenvalue weighted by molar-refractivity contribution is 8.13. The third-order valence-electron chi connectivity index (χ3n) is 1.62. The third-order valence-corrected chi connectivity index (χ3v) is 3.30. The fourth-order valence-electron chi connectivity index (χ4n) is 0.944. The van der Waals surface area contributed by atoms with E-state index >= 15 is 0 Å². The van der Waals surface area contributed by atoms with Crippen molar-refractivity contribution in [3.63, 3.8) is 0 Å². The fourth-order valence-corrected chi connectivity index (χ4v) is 2.41. The van der Waals surface area contributed by atoms with Gasteiger partial charge in [-0.1, -0.05) is 11.6 Å². The van der Waals surface area contributed by atoms with Crippen LogP contribution < -0.4 is 0 Å². The number of H-pyrrole nitrogens is 1. The van der Waals surface area contributed by atoms with Crippen molar-refractivity contribution in [2.75, 3.05) is 14.1 Å². The van der Waals surface area contributed by atoms with Crippen LogP contribution >= 0.6 is 22.3 Å². The Morgan fingerprint density at radius 2 is 2.00 bits per heavy atom. The number of hydrogen-bond acceptors (Lipinski definition) is 3. The predicted octanol–water partition coefficient (Wildman–Crippen LogP) is 1.30. The smallest absolute Gasteiger partial charge is 0.278 e. The van der Waals surface area contributed by atoms with Gasteiger partial charge in [-0.25, -0.2) is 8.42 Å². The zero-order valence-corrected chi connectivity index (χ0v) is 10.2. The maximum absolute atomic E-state index is 11.4. The van der Waals surface area contributed by atoms with Gasteiger partial charge in [0.1, 0.15) is 5.69 Å². The third kappa shape index (κ3) is 2.64. The van der Waals surface area contributed by atoms with E-state index < -0.39 is 9.05 Å². The van der Waals surface area contributed by atoms with Gasteiger partial charge in [0.2, 0.25) is 0 Å². The number of nitrogens with one attached hydrogen (secondary N) is 1. The molecule has 1 amide bonds. The number of aromatic nitrogens is 1. The van der Waals surface area contributed by atoms with E-state index in [0.717, 1.165) is 0 Å². The van der Waals surface area contributed by atoms with Crippen LogP contribution in [0.3, 0.4) is 0 Å². The van der Waals surface area contributed by atoms with Gasteiger partial charge < -0.3 is 9.88 Å². The highest BCUT2D eigenvalue weighted by Crippen LogP contribution is 2.25. The van der Waals surface area contributed by atoms with Crippen LogP contribution in [0.25, 0.3) is 0 Å². The topological polar surface area (TPSA) is 70.2 Å². The summed E-state index contributed by atoms with van der Waals surface area (Å²) in [4.78, 5) is 15.1. The zero-order chi connectivity index (χ0) is 11.8. The highest BCUT2D eigenvalue weighted by atomic mass is 35.7. The Morgan fingerprint density at radius 3 is 2.33 bits per heavy atom. The second-order valence-corrected chi connectivity index (χ2v) is 5.91. The Hall–Kier alpha value is -0.720. The molecule has 0 aliphatic heterocycles. The van der Waals surface area contributed by atoms with Gasteiger partial charge in [-0.2, -0.15) is 0 Å². The monoisotopic (exact) mass is 270 g/mol. The summed E-state index contributed by atoms with van der Waals surface area (Å²) < 4.78 is 22.0. The first kappa shape index (κ1) is 12.4. The van der Waals surface area contributed by atoms with E-state index in [9.17, 15) is 13.2 Å². The molecule has 1 aromatic heterocycles. The molecule has 0 spiro atoms. The molecule has 1 N–H and O–H groups in total. The molecular weight excluding hydrogens is 263 g/mol. The summed E-state index contributed by atoms with van der Waals surface area (Å²) in [5, 5.41) is -0.466. The van der Waals surface area contributed by atoms with Crippen molar-refractivity contribution in [1.29, 1.82) is 0 Å². The molecule has 15 heavy (non-hydrogen) atoms. The normalized spacial score (nSPS) is 11.5. The van der Waals surface area contributed by atoms with Crippen LogP contribution in [0.15, 0.2) is 11.1 Å². The Kier molecular flexibility index (Phi) is 3.32. The van der Waals surface area contributed by atoms with Gasteiger partial charge in [-0.05, 0) is 6.07 Å². The van der Waals surface area contributed by atoms with E-state index in [-0.39, 0.29) is 21.6 Å². The number of aromatic amines is 1. The summed E-state index contributed by atoms with van der Waals surface area (Å²) >= 11 is 5.61. The first-order chi connectivity index (χ1) is 6.73. The van der Waals surface area contributed by atoms with Crippen molar-refractivity contribution in [1.82, 2.24) is 9.88 Å². The number of nitrogens with zero attached hydrogens (tertiary/aromatic N) is 1. The minimum atomic E-state index is -3.96. The molecule has 0 saturated heterocycles. The second kappa shape index (κ2) is 4.03. The summed E-state index contributed by atoms with van der Waals surface area (Å²) in [7, 11) is 4.20. The maximum Gasteiger partial charge on any atom is 0.278 e. The minimum Gasteiger partial charge on any atom is -0.344 e. The summed E-state index contributed by atoms with van der Waals surface area (Å²) in [6, 6.07) is 1.22. The average molecular weight is 271 g/mol. The molecule has 1 heterocycles. The van der Waals surface area contributed by atoms with Crippen LogP contribution in [0.2, 0.25) is 5.02 Å². The standard InChI is InChI=1S/C7H8Cl2N2O3S/c1-11(2)7(12)5-3-4(8)6(10-5)15(9,13)14/h3,10H,1-2H3. The van der Waals surface area contributed by atoms with Gasteiger partial charge >= 0.3 is 0 Å². The highest BCUT2D eigenvalue weighted by Gasteiger charge is 2.21. The average Bonchev–Trinajstić information content (AvgIpc) is 2.44. The molecule has 0 atom stereocenters. The van der Waals surface area contributed by atoms with E-state index in [1.165, 1.54) is 25.1 Å². The van der Waals surface area contributed by atoms with Gasteiger partial charge in [-0.15, -0.1) is 0 Å². The molecule has 0 radical (unpaired) electrons. The minimum absolute atomic E-state index is 0.0734. The second-order valence-electron chi connectivity index (χ2n) is 3.00. The molecule has 0 fully saturated rings. The molecular formula is C7H8Cl2N2O3S. The predicted molar refractivity (Wildman–Crippen MR) is 56.9 cm³/mol. The lowest BCUT2D eigenvalue weighted by atomic mass is 10.4. The number of amides is 1. The van der Waals surface area contributed by atoms with Gasteiger partial charge in [-0.3, -0.25) is 4.79 Å². The van der Waals surface area contributed by atoms with Gasteiger partial charge in [0.05, 0.1) is 5.02 Å². The first-order valence-corrected chi connectivity index (χ1v) is 6.47. The molecule has 0 bridgehead atoms. The van der Waals surface area contributed by atoms with E-state index in [2.05, 4.69) is 4.98 Å². The van der Waals surface area contributed by atoms with Crippen LogP contribution in [0.1, 0.15) is 10.5 Å². The van der Waals surface area contributed by atoms with Crippen LogP contribution in [0.5, 0.6) is 0 Å². The Morgan fingerprint density at radius 1 is 1.47 bits per heavy atom. The Labute approximate surface area is 96.4 Å². The number of halogens is 2. The summed E-state index contributed by atoms with van der Waals surface area (Å²) in [6.07, 6.45) is 0. The zero-order valence-electron chi connectivity index (χ0n) is 7.91. The van der Waals surface area contributed by atoms with Crippen LogP contribution in [-0.2, 0) is 9.05 Å². The lowest BCUT2D eigenvalue weighted by Crippen LogP contribution is -2.22. The van der Waals surface area contributed by atoms with Crippen molar-refractivity contribution in [3.05, 3.63) is 16.8 Å². The Balaban J connectivity index is 3.24. The molecule has 8 heteroatoms. The fraction of sp³-hybridized carbons (Fsp3) is 0.286. The van der Waals surface area contributed by atoms with E-state index in [0.29, 0.717) is 0 Å². The number of carbonyl (C=O) groups is 1. The summed E-state index contributed by atoms with van der Waals surface area (Å²) in [5.41, 5.74) is 0.0734. The molecule has 1 aromatic rings. The number of carbonyl (C=O) groups excluding carboxylic acids is 1. The lowest BCUT2D eigenvalue weighted by molar-refractivity contribution is 0.0822. The van der Waals surface area contributed by atoms with Crippen molar-refractivity contribution < 1.29 is 13.2 Å². The van der Waals surface area contributed by atoms with Crippen molar-refractivity contribution in [2.24, 2.45) is 0 Å². The number of hydrogen-bond donors (Lipinski definition) is 1. The number of rotatable bonds is 2. The van der Waals surface area contributed by atoms with Crippen molar-refractivity contribution >= 4 is 37.2 Å². The maximum atomic E-state index is 11.4. The van der Waals surface area contributed by atoms with Crippen molar-refractivity contribution in [3.8, 4) is 0 Å².